The van der Waals surface area contributed by atoms with Crippen LogP contribution in [-0.2, 0) is 20.6 Å². The Labute approximate surface area is 158 Å². The van der Waals surface area contributed by atoms with Gasteiger partial charge in [0.05, 0.1) is 24.4 Å². The maximum Gasteiger partial charge on any atom is 0.339 e. The van der Waals surface area contributed by atoms with Crippen molar-refractivity contribution in [3.8, 4) is 5.75 Å². The van der Waals surface area contributed by atoms with Crippen LogP contribution in [0.4, 0.5) is 0 Å². The Morgan fingerprint density at radius 1 is 1.11 bits per heavy atom. The number of para-hydroxylation sites is 1. The lowest BCUT2D eigenvalue weighted by atomic mass is 10.2. The average molecular weight is 382 g/mol. The fraction of sp³-hybridized carbons (Fsp3) is 0.263. The van der Waals surface area contributed by atoms with Crippen molar-refractivity contribution in [1.29, 1.82) is 0 Å². The van der Waals surface area contributed by atoms with Gasteiger partial charge in [-0.15, -0.1) is 0 Å². The molecule has 3 aromatic heterocycles. The number of hydrogen-bond acceptors (Lipinski definition) is 6. The summed E-state index contributed by atoms with van der Waals surface area (Å²) in [4.78, 5) is 40.3. The second-order valence-corrected chi connectivity index (χ2v) is 6.44. The third-order valence-electron chi connectivity index (χ3n) is 4.63. The number of ether oxygens (including phenoxy) is 1. The first-order valence-corrected chi connectivity index (χ1v) is 8.74. The molecule has 0 saturated heterocycles. The number of imidazole rings is 1. The molecule has 4 rings (SSSR count). The zero-order valence-electron chi connectivity index (χ0n) is 15.4. The molecule has 28 heavy (non-hydrogen) atoms. The second kappa shape index (κ2) is 6.84. The Hall–Kier alpha value is -3.62. The molecule has 9 nitrogen and oxygen atoms in total. The normalized spacial score (nSPS) is 11.4. The third kappa shape index (κ3) is 2.90. The van der Waals surface area contributed by atoms with Crippen LogP contribution in [0, 0.1) is 0 Å². The van der Waals surface area contributed by atoms with E-state index < -0.39 is 11.3 Å². The number of fused-ring (bicyclic) bond motifs is 2. The molecule has 0 spiro atoms. The average Bonchev–Trinajstić information content (AvgIpc) is 3.12. The zero-order valence-corrected chi connectivity index (χ0v) is 15.4. The molecule has 4 aromatic rings. The number of nitrogens with zero attached hydrogens (tertiary/aromatic N) is 4. The minimum Gasteiger partial charge on any atom is -0.492 e. The summed E-state index contributed by atoms with van der Waals surface area (Å²) in [5.74, 6) is 0.459. The van der Waals surface area contributed by atoms with E-state index in [1.165, 1.54) is 24.0 Å². The summed E-state index contributed by atoms with van der Waals surface area (Å²) < 4.78 is 15.0. The van der Waals surface area contributed by atoms with Crippen LogP contribution in [-0.4, -0.2) is 25.3 Å². The Morgan fingerprint density at radius 2 is 1.89 bits per heavy atom. The Kier molecular flexibility index (Phi) is 4.34. The summed E-state index contributed by atoms with van der Waals surface area (Å²) in [5.41, 5.74) is -0.0890. The van der Waals surface area contributed by atoms with Crippen LogP contribution in [0.2, 0.25) is 0 Å². The molecule has 0 unspecified atom stereocenters. The topological polar surface area (TPSA) is 101 Å². The molecule has 0 atom stereocenters. The van der Waals surface area contributed by atoms with Crippen molar-refractivity contribution in [1.82, 2.24) is 18.7 Å². The molecular formula is C19H18N4O5. The molecule has 3 heterocycles. The highest BCUT2D eigenvalue weighted by atomic mass is 16.5. The lowest BCUT2D eigenvalue weighted by Gasteiger charge is -2.09. The van der Waals surface area contributed by atoms with E-state index in [0.29, 0.717) is 42.1 Å². The van der Waals surface area contributed by atoms with Gasteiger partial charge in [-0.3, -0.25) is 13.9 Å². The van der Waals surface area contributed by atoms with Crippen LogP contribution in [0.5, 0.6) is 5.75 Å². The van der Waals surface area contributed by atoms with Gasteiger partial charge in [0.1, 0.15) is 11.3 Å². The number of hydrogen-bond donors (Lipinski definition) is 0. The predicted octanol–water partition coefficient (Wildman–Crippen LogP) is 1.01. The molecule has 0 amide bonds. The molecule has 1 aromatic carbocycles. The highest BCUT2D eigenvalue weighted by molar-refractivity contribution is 5.82. The second-order valence-electron chi connectivity index (χ2n) is 6.44. The van der Waals surface area contributed by atoms with Gasteiger partial charge in [0.15, 0.2) is 11.2 Å². The largest absolute Gasteiger partial charge is 0.492 e. The van der Waals surface area contributed by atoms with Crippen LogP contribution in [0.15, 0.2) is 55.5 Å². The van der Waals surface area contributed by atoms with Gasteiger partial charge in [0.2, 0.25) is 0 Å². The van der Waals surface area contributed by atoms with E-state index in [1.54, 1.807) is 23.7 Å². The van der Waals surface area contributed by atoms with Crippen molar-refractivity contribution < 1.29 is 9.15 Å². The van der Waals surface area contributed by atoms with Gasteiger partial charge in [0.25, 0.3) is 5.56 Å². The van der Waals surface area contributed by atoms with Crippen molar-refractivity contribution in [2.75, 3.05) is 6.61 Å². The third-order valence-corrected chi connectivity index (χ3v) is 4.63. The zero-order chi connectivity index (χ0) is 19.8. The maximum absolute atomic E-state index is 12.4. The first-order chi connectivity index (χ1) is 13.5. The molecule has 0 aliphatic carbocycles. The van der Waals surface area contributed by atoms with Crippen LogP contribution in [0.1, 0.15) is 6.42 Å². The molecule has 144 valence electrons. The first-order valence-electron chi connectivity index (χ1n) is 8.74. The Bertz CT molecular complexity index is 1360. The lowest BCUT2D eigenvalue weighted by Crippen LogP contribution is -2.37. The fourth-order valence-corrected chi connectivity index (χ4v) is 3.18. The summed E-state index contributed by atoms with van der Waals surface area (Å²) in [5, 5.41) is 0.721. The Morgan fingerprint density at radius 3 is 2.71 bits per heavy atom. The summed E-state index contributed by atoms with van der Waals surface area (Å²) in [6.07, 6.45) is 2.12. The van der Waals surface area contributed by atoms with Crippen molar-refractivity contribution in [2.24, 2.45) is 14.1 Å². The molecule has 0 radical (unpaired) electrons. The SMILES string of the molecule is Cn1c(=O)c2c(ncn2CCCOc2cc(=O)oc3ccccc23)n(C)c1=O. The van der Waals surface area contributed by atoms with Crippen molar-refractivity contribution in [3.05, 3.63) is 67.9 Å². The van der Waals surface area contributed by atoms with E-state index in [4.69, 9.17) is 9.15 Å². The van der Waals surface area contributed by atoms with E-state index >= 15 is 0 Å². The van der Waals surface area contributed by atoms with Gasteiger partial charge in [-0.05, 0) is 18.6 Å². The number of aromatic nitrogens is 4. The van der Waals surface area contributed by atoms with Gasteiger partial charge in [-0.1, -0.05) is 12.1 Å². The van der Waals surface area contributed by atoms with Crippen molar-refractivity contribution in [2.45, 2.75) is 13.0 Å². The van der Waals surface area contributed by atoms with E-state index in [9.17, 15) is 14.4 Å². The van der Waals surface area contributed by atoms with Crippen molar-refractivity contribution in [3.63, 3.8) is 0 Å². The summed E-state index contributed by atoms with van der Waals surface area (Å²) in [6.45, 7) is 0.808. The van der Waals surface area contributed by atoms with Gasteiger partial charge >= 0.3 is 11.3 Å². The summed E-state index contributed by atoms with van der Waals surface area (Å²) in [7, 11) is 3.02. The lowest BCUT2D eigenvalue weighted by molar-refractivity contribution is 0.303. The standard InChI is InChI=1S/C19H18N4O5/c1-21-17-16(18(25)22(2)19(21)26)23(11-20-17)8-5-9-27-14-10-15(24)28-13-7-4-3-6-12(13)14/h3-4,6-7,10-11H,5,8-9H2,1-2H3. The molecule has 0 aliphatic rings. The smallest absolute Gasteiger partial charge is 0.339 e. The van der Waals surface area contributed by atoms with Gasteiger partial charge < -0.3 is 13.7 Å². The highest BCUT2D eigenvalue weighted by Crippen LogP contribution is 2.23. The number of aryl methyl sites for hydroxylation is 2. The van der Waals surface area contributed by atoms with Gasteiger partial charge in [-0.25, -0.2) is 14.6 Å². The molecule has 0 fully saturated rings. The quantitative estimate of drug-likeness (QED) is 0.377. The monoisotopic (exact) mass is 382 g/mol. The molecule has 0 bridgehead atoms. The number of benzene rings is 1. The summed E-state index contributed by atoms with van der Waals surface area (Å²) in [6, 6.07) is 8.48. The molecular weight excluding hydrogens is 364 g/mol. The predicted molar refractivity (Wildman–Crippen MR) is 103 cm³/mol. The molecule has 0 N–H and O–H groups in total. The minimum absolute atomic E-state index is 0.333. The Balaban J connectivity index is 1.54. The van der Waals surface area contributed by atoms with Crippen molar-refractivity contribution >= 4 is 22.1 Å². The number of rotatable bonds is 5. The van der Waals surface area contributed by atoms with E-state index in [0.717, 1.165) is 9.95 Å². The molecule has 9 heteroatoms. The maximum atomic E-state index is 12.4. The van der Waals surface area contributed by atoms with E-state index in [2.05, 4.69) is 4.98 Å². The fourth-order valence-electron chi connectivity index (χ4n) is 3.18. The van der Waals surface area contributed by atoms with Crippen LogP contribution in [0.3, 0.4) is 0 Å². The van der Waals surface area contributed by atoms with Crippen LogP contribution in [0.25, 0.3) is 22.1 Å². The van der Waals surface area contributed by atoms with E-state index in [-0.39, 0.29) is 5.56 Å². The van der Waals surface area contributed by atoms with E-state index in [1.807, 2.05) is 12.1 Å². The minimum atomic E-state index is -0.473. The van der Waals surface area contributed by atoms with Gasteiger partial charge in [0, 0.05) is 20.6 Å². The van der Waals surface area contributed by atoms with Crippen LogP contribution >= 0.6 is 0 Å². The first kappa shape index (κ1) is 17.8. The van der Waals surface area contributed by atoms with Gasteiger partial charge in [-0.2, -0.15) is 0 Å². The highest BCUT2D eigenvalue weighted by Gasteiger charge is 2.14. The molecule has 0 aliphatic heterocycles. The summed E-state index contributed by atoms with van der Waals surface area (Å²) >= 11 is 0. The molecule has 0 saturated carbocycles. The van der Waals surface area contributed by atoms with Crippen LogP contribution < -0.4 is 21.6 Å².